The predicted molar refractivity (Wildman–Crippen MR) is 118 cm³/mol. The number of para-hydroxylation sites is 1. The lowest BCUT2D eigenvalue weighted by Gasteiger charge is -2.35. The Morgan fingerprint density at radius 3 is 2.48 bits per heavy atom. The van der Waals surface area contributed by atoms with Gasteiger partial charge in [0.25, 0.3) is 0 Å². The van der Waals surface area contributed by atoms with E-state index in [-0.39, 0.29) is 11.6 Å². The Morgan fingerprint density at radius 1 is 0.903 bits per heavy atom. The van der Waals surface area contributed by atoms with E-state index in [1.165, 1.54) is 12.1 Å². The number of hydrogen-bond donors (Lipinski definition) is 1. The van der Waals surface area contributed by atoms with Crippen molar-refractivity contribution in [2.75, 3.05) is 31.1 Å². The van der Waals surface area contributed by atoms with Crippen molar-refractivity contribution in [3.63, 3.8) is 0 Å². The maximum atomic E-state index is 14.0. The summed E-state index contributed by atoms with van der Waals surface area (Å²) >= 11 is 0. The zero-order chi connectivity index (χ0) is 21.2. The lowest BCUT2D eigenvalue weighted by molar-refractivity contribution is 0.247. The van der Waals surface area contributed by atoms with Crippen molar-refractivity contribution in [1.82, 2.24) is 19.9 Å². The molecule has 1 N–H and O–H groups in total. The highest BCUT2D eigenvalue weighted by Gasteiger charge is 2.22. The predicted octanol–water partition coefficient (Wildman–Crippen LogP) is 3.86. The van der Waals surface area contributed by atoms with Gasteiger partial charge in [0.15, 0.2) is 5.82 Å². The zero-order valence-corrected chi connectivity index (χ0v) is 16.9. The molecule has 0 atom stereocenters. The van der Waals surface area contributed by atoms with Crippen molar-refractivity contribution < 1.29 is 9.50 Å². The molecule has 2 aromatic carbocycles. The Labute approximate surface area is 179 Å². The van der Waals surface area contributed by atoms with E-state index in [1.54, 1.807) is 24.3 Å². The van der Waals surface area contributed by atoms with Crippen LogP contribution in [0.1, 0.15) is 5.69 Å². The molecule has 0 bridgehead atoms. The molecule has 0 aliphatic carbocycles. The second kappa shape index (κ2) is 8.28. The largest absolute Gasteiger partial charge is 0.507 e. The summed E-state index contributed by atoms with van der Waals surface area (Å²) in [4.78, 5) is 18.3. The number of pyridine rings is 1. The minimum atomic E-state index is -0.318. The van der Waals surface area contributed by atoms with E-state index in [9.17, 15) is 9.50 Å². The van der Waals surface area contributed by atoms with Crippen LogP contribution in [-0.4, -0.2) is 51.1 Å². The molecule has 7 heteroatoms. The van der Waals surface area contributed by atoms with Crippen LogP contribution in [-0.2, 0) is 6.54 Å². The van der Waals surface area contributed by atoms with Crippen LogP contribution < -0.4 is 4.90 Å². The lowest BCUT2D eigenvalue weighted by atomic mass is 10.1. The molecule has 1 saturated heterocycles. The summed E-state index contributed by atoms with van der Waals surface area (Å²) in [7, 11) is 0. The Hall–Kier alpha value is -3.58. The molecule has 156 valence electrons. The van der Waals surface area contributed by atoms with Crippen molar-refractivity contribution in [2.24, 2.45) is 0 Å². The smallest absolute Gasteiger partial charge is 0.165 e. The summed E-state index contributed by atoms with van der Waals surface area (Å²) in [6, 6.07) is 17.5. The van der Waals surface area contributed by atoms with E-state index >= 15 is 0 Å². The SMILES string of the molecule is Oc1ccccc1-c1nc(N2CCN(Cc3ccccn3)CC2)c2cc(F)ccc2n1. The van der Waals surface area contributed by atoms with Gasteiger partial charge < -0.3 is 10.0 Å². The summed E-state index contributed by atoms with van der Waals surface area (Å²) in [6.07, 6.45) is 1.81. The van der Waals surface area contributed by atoms with Crippen LogP contribution in [0.2, 0.25) is 0 Å². The molecule has 1 fully saturated rings. The highest BCUT2D eigenvalue weighted by Crippen LogP contribution is 2.32. The number of phenolic OH excluding ortho intramolecular Hbond substituents is 1. The molecule has 6 nitrogen and oxygen atoms in total. The number of aromatic nitrogens is 3. The van der Waals surface area contributed by atoms with E-state index in [2.05, 4.69) is 19.8 Å². The molecule has 1 aliphatic heterocycles. The number of halogens is 1. The number of nitrogens with zero attached hydrogens (tertiary/aromatic N) is 5. The molecule has 3 heterocycles. The maximum absolute atomic E-state index is 14.0. The van der Waals surface area contributed by atoms with E-state index in [0.717, 1.165) is 38.4 Å². The first-order valence-electron chi connectivity index (χ1n) is 10.3. The third kappa shape index (κ3) is 4.04. The van der Waals surface area contributed by atoms with Gasteiger partial charge in [-0.15, -0.1) is 0 Å². The fourth-order valence-electron chi connectivity index (χ4n) is 3.95. The van der Waals surface area contributed by atoms with Gasteiger partial charge >= 0.3 is 0 Å². The molecule has 0 amide bonds. The van der Waals surface area contributed by atoms with Crippen LogP contribution in [0.25, 0.3) is 22.3 Å². The highest BCUT2D eigenvalue weighted by atomic mass is 19.1. The van der Waals surface area contributed by atoms with Crippen LogP contribution in [0.3, 0.4) is 0 Å². The molecule has 0 saturated carbocycles. The summed E-state index contributed by atoms with van der Waals surface area (Å²) in [5.74, 6) is 0.930. The molecule has 0 radical (unpaired) electrons. The third-order valence-corrected chi connectivity index (χ3v) is 5.57. The standard InChI is InChI=1S/C24H22FN5O/c25-17-8-9-21-20(15-17)24(28-23(27-21)19-6-1-2-7-22(19)31)30-13-11-29(12-14-30)16-18-5-3-4-10-26-18/h1-10,15,31H,11-14,16H2. The van der Waals surface area contributed by atoms with Crippen molar-refractivity contribution in [3.05, 3.63) is 78.4 Å². The van der Waals surface area contributed by atoms with Gasteiger partial charge in [0.1, 0.15) is 17.4 Å². The Kier molecular flexibility index (Phi) is 5.18. The molecule has 1 aliphatic rings. The molecule has 31 heavy (non-hydrogen) atoms. The average Bonchev–Trinajstić information content (AvgIpc) is 2.80. The Bertz CT molecular complexity index is 1210. The first kappa shape index (κ1) is 19.4. The first-order valence-corrected chi connectivity index (χ1v) is 10.3. The number of piperazine rings is 1. The number of hydrogen-bond acceptors (Lipinski definition) is 6. The van der Waals surface area contributed by atoms with Crippen LogP contribution >= 0.6 is 0 Å². The van der Waals surface area contributed by atoms with Crippen LogP contribution in [0, 0.1) is 5.82 Å². The van der Waals surface area contributed by atoms with Crippen molar-refractivity contribution in [1.29, 1.82) is 0 Å². The van der Waals surface area contributed by atoms with Gasteiger partial charge in [-0.3, -0.25) is 9.88 Å². The molecular weight excluding hydrogens is 393 g/mol. The van der Waals surface area contributed by atoms with E-state index in [1.807, 2.05) is 30.5 Å². The number of fused-ring (bicyclic) bond motifs is 1. The lowest BCUT2D eigenvalue weighted by Crippen LogP contribution is -2.46. The summed E-state index contributed by atoms with van der Waals surface area (Å²) in [6.45, 7) is 4.02. The van der Waals surface area contributed by atoms with Gasteiger partial charge in [-0.1, -0.05) is 18.2 Å². The van der Waals surface area contributed by atoms with Crippen molar-refractivity contribution in [2.45, 2.75) is 6.54 Å². The van der Waals surface area contributed by atoms with Crippen molar-refractivity contribution >= 4 is 16.7 Å². The number of rotatable bonds is 4. The van der Waals surface area contributed by atoms with E-state index in [0.29, 0.717) is 28.1 Å². The van der Waals surface area contributed by atoms with Gasteiger partial charge in [0.05, 0.1) is 16.8 Å². The summed E-state index contributed by atoms with van der Waals surface area (Å²) < 4.78 is 14.0. The average molecular weight is 415 g/mol. The second-order valence-corrected chi connectivity index (χ2v) is 7.63. The fraction of sp³-hybridized carbons (Fsp3) is 0.208. The van der Waals surface area contributed by atoms with Crippen molar-refractivity contribution in [3.8, 4) is 17.1 Å². The Morgan fingerprint density at radius 2 is 1.71 bits per heavy atom. The number of phenols is 1. The summed E-state index contributed by atoms with van der Waals surface area (Å²) in [5.41, 5.74) is 2.26. The number of anilines is 1. The van der Waals surface area contributed by atoms with E-state index in [4.69, 9.17) is 4.98 Å². The summed E-state index contributed by atoms with van der Waals surface area (Å²) in [5, 5.41) is 11.0. The van der Waals surface area contributed by atoms with Crippen LogP contribution in [0.5, 0.6) is 5.75 Å². The zero-order valence-electron chi connectivity index (χ0n) is 16.9. The molecule has 4 aromatic rings. The van der Waals surface area contributed by atoms with Gasteiger partial charge in [0, 0.05) is 44.3 Å². The third-order valence-electron chi connectivity index (χ3n) is 5.57. The van der Waals surface area contributed by atoms with Crippen LogP contribution in [0.4, 0.5) is 10.2 Å². The molecule has 0 unspecified atom stereocenters. The second-order valence-electron chi connectivity index (χ2n) is 7.63. The molecule has 2 aromatic heterocycles. The monoisotopic (exact) mass is 415 g/mol. The molecule has 5 rings (SSSR count). The maximum Gasteiger partial charge on any atom is 0.165 e. The number of aromatic hydroxyl groups is 1. The fourth-order valence-corrected chi connectivity index (χ4v) is 3.95. The van der Waals surface area contributed by atoms with E-state index < -0.39 is 0 Å². The minimum absolute atomic E-state index is 0.120. The highest BCUT2D eigenvalue weighted by molar-refractivity contribution is 5.91. The first-order chi connectivity index (χ1) is 15.2. The van der Waals surface area contributed by atoms with Crippen LogP contribution in [0.15, 0.2) is 66.9 Å². The minimum Gasteiger partial charge on any atom is -0.507 e. The van der Waals surface area contributed by atoms with Gasteiger partial charge in [-0.05, 0) is 42.5 Å². The quantitative estimate of drug-likeness (QED) is 0.546. The molecular formula is C24H22FN5O. The normalized spacial score (nSPS) is 14.8. The van der Waals surface area contributed by atoms with Gasteiger partial charge in [-0.2, -0.15) is 0 Å². The number of benzene rings is 2. The Balaban J connectivity index is 1.46. The topological polar surface area (TPSA) is 65.4 Å². The molecule has 0 spiro atoms. The van der Waals surface area contributed by atoms with Gasteiger partial charge in [-0.25, -0.2) is 14.4 Å². The van der Waals surface area contributed by atoms with Gasteiger partial charge in [0.2, 0.25) is 0 Å².